The largest absolute Gasteiger partial charge is 0.489 e. The molecule has 0 radical (unpaired) electrons. The van der Waals surface area contributed by atoms with E-state index < -0.39 is 0 Å². The Kier molecular flexibility index (Phi) is 3.22. The Morgan fingerprint density at radius 1 is 1.11 bits per heavy atom. The summed E-state index contributed by atoms with van der Waals surface area (Å²) in [5.41, 5.74) is 7.64. The van der Waals surface area contributed by atoms with Crippen molar-refractivity contribution in [1.29, 1.82) is 0 Å². The molecule has 1 fully saturated rings. The van der Waals surface area contributed by atoms with Gasteiger partial charge in [0.1, 0.15) is 18.2 Å². The van der Waals surface area contributed by atoms with E-state index in [1.165, 1.54) is 11.6 Å². The van der Waals surface area contributed by atoms with Crippen molar-refractivity contribution in [2.24, 2.45) is 5.73 Å². The molecular weight excluding hydrogens is 241 g/mol. The van der Waals surface area contributed by atoms with E-state index in [0.717, 1.165) is 12.2 Å². The number of benzene rings is 2. The summed E-state index contributed by atoms with van der Waals surface area (Å²) in [5.74, 6) is 1.02. The first-order valence-electron chi connectivity index (χ1n) is 6.46. The maximum atomic E-state index is 13.4. The average Bonchev–Trinajstić information content (AvgIpc) is 3.16. The first-order chi connectivity index (χ1) is 9.24. The van der Waals surface area contributed by atoms with Crippen LogP contribution in [-0.4, -0.2) is 6.04 Å². The molecule has 0 spiro atoms. The fourth-order valence-electron chi connectivity index (χ4n) is 2.19. The van der Waals surface area contributed by atoms with Crippen LogP contribution in [0.15, 0.2) is 48.5 Å². The van der Waals surface area contributed by atoms with Crippen molar-refractivity contribution in [2.75, 3.05) is 0 Å². The molecular formula is C16H16FNO. The van der Waals surface area contributed by atoms with Crippen LogP contribution in [0.3, 0.4) is 0 Å². The normalized spacial score (nSPS) is 21.2. The molecule has 1 aliphatic rings. The molecule has 0 aromatic heterocycles. The molecule has 2 N–H and O–H groups in total. The summed E-state index contributed by atoms with van der Waals surface area (Å²) in [7, 11) is 0. The summed E-state index contributed by atoms with van der Waals surface area (Å²) in [6, 6.07) is 14.9. The molecule has 2 atom stereocenters. The Hall–Kier alpha value is -1.87. The van der Waals surface area contributed by atoms with Crippen LogP contribution in [0.5, 0.6) is 5.75 Å². The summed E-state index contributed by atoms with van der Waals surface area (Å²) in [6.07, 6.45) is 1.06. The van der Waals surface area contributed by atoms with Gasteiger partial charge in [0, 0.05) is 17.5 Å². The predicted octanol–water partition coefficient (Wildman–Crippen LogP) is 3.22. The minimum atomic E-state index is -0.233. The minimum absolute atomic E-state index is 0.233. The van der Waals surface area contributed by atoms with E-state index in [1.807, 2.05) is 24.3 Å². The van der Waals surface area contributed by atoms with Gasteiger partial charge >= 0.3 is 0 Å². The third-order valence-electron chi connectivity index (χ3n) is 3.50. The van der Waals surface area contributed by atoms with E-state index in [0.29, 0.717) is 17.5 Å². The van der Waals surface area contributed by atoms with Crippen molar-refractivity contribution in [3.8, 4) is 5.75 Å². The molecule has 19 heavy (non-hydrogen) atoms. The lowest BCUT2D eigenvalue weighted by Gasteiger charge is -2.08. The molecule has 0 aliphatic heterocycles. The molecule has 2 nitrogen and oxygen atoms in total. The maximum absolute atomic E-state index is 13.4. The van der Waals surface area contributed by atoms with Crippen LogP contribution in [-0.2, 0) is 6.61 Å². The third kappa shape index (κ3) is 2.76. The molecule has 2 aromatic carbocycles. The van der Waals surface area contributed by atoms with Gasteiger partial charge in [-0.05, 0) is 30.2 Å². The van der Waals surface area contributed by atoms with Gasteiger partial charge in [-0.3, -0.25) is 0 Å². The zero-order chi connectivity index (χ0) is 13.2. The number of rotatable bonds is 4. The summed E-state index contributed by atoms with van der Waals surface area (Å²) in [5, 5.41) is 0. The lowest BCUT2D eigenvalue weighted by molar-refractivity contribution is 0.300. The Bertz CT molecular complexity index is 567. The van der Waals surface area contributed by atoms with Gasteiger partial charge in [-0.25, -0.2) is 4.39 Å². The monoisotopic (exact) mass is 257 g/mol. The number of hydrogen-bond acceptors (Lipinski definition) is 2. The Labute approximate surface area is 112 Å². The Morgan fingerprint density at radius 3 is 2.42 bits per heavy atom. The summed E-state index contributed by atoms with van der Waals surface area (Å²) >= 11 is 0. The lowest BCUT2D eigenvalue weighted by Crippen LogP contribution is -2.01. The van der Waals surface area contributed by atoms with Gasteiger partial charge in [-0.2, -0.15) is 0 Å². The van der Waals surface area contributed by atoms with Gasteiger partial charge in [0.05, 0.1) is 0 Å². The molecule has 0 heterocycles. The van der Waals surface area contributed by atoms with E-state index in [2.05, 4.69) is 0 Å². The molecule has 3 rings (SSSR count). The van der Waals surface area contributed by atoms with Crippen molar-refractivity contribution >= 4 is 0 Å². The zero-order valence-corrected chi connectivity index (χ0v) is 10.6. The second-order valence-corrected chi connectivity index (χ2v) is 4.96. The zero-order valence-electron chi connectivity index (χ0n) is 10.6. The number of halogens is 1. The molecule has 1 aliphatic carbocycles. The van der Waals surface area contributed by atoms with E-state index >= 15 is 0 Å². The minimum Gasteiger partial charge on any atom is -0.489 e. The second-order valence-electron chi connectivity index (χ2n) is 4.96. The van der Waals surface area contributed by atoms with E-state index in [-0.39, 0.29) is 12.4 Å². The first kappa shape index (κ1) is 12.2. The first-order valence-corrected chi connectivity index (χ1v) is 6.46. The van der Waals surface area contributed by atoms with Crippen molar-refractivity contribution in [3.05, 3.63) is 65.5 Å². The smallest absolute Gasteiger partial charge is 0.129 e. The molecule has 0 bridgehead atoms. The highest BCUT2D eigenvalue weighted by Gasteiger charge is 2.34. The van der Waals surface area contributed by atoms with Crippen molar-refractivity contribution < 1.29 is 9.13 Å². The van der Waals surface area contributed by atoms with Gasteiger partial charge in [-0.1, -0.05) is 30.3 Å². The second kappa shape index (κ2) is 5.02. The lowest BCUT2D eigenvalue weighted by atomic mass is 10.1. The van der Waals surface area contributed by atoms with E-state index in [1.54, 1.807) is 18.2 Å². The van der Waals surface area contributed by atoms with Gasteiger partial charge in [-0.15, -0.1) is 0 Å². The SMILES string of the molecule is NC1CC1c1ccc(OCc2ccccc2F)cc1. The summed E-state index contributed by atoms with van der Waals surface area (Å²) < 4.78 is 19.0. The molecule has 98 valence electrons. The number of ether oxygens (including phenoxy) is 1. The van der Waals surface area contributed by atoms with Crippen molar-refractivity contribution in [3.63, 3.8) is 0 Å². The Balaban J connectivity index is 1.63. The Morgan fingerprint density at radius 2 is 1.79 bits per heavy atom. The summed E-state index contributed by atoms with van der Waals surface area (Å²) in [6.45, 7) is 0.245. The quantitative estimate of drug-likeness (QED) is 0.912. The third-order valence-corrected chi connectivity index (χ3v) is 3.50. The highest BCUT2D eigenvalue weighted by atomic mass is 19.1. The van der Waals surface area contributed by atoms with Crippen LogP contribution >= 0.6 is 0 Å². The van der Waals surface area contributed by atoms with Crippen LogP contribution in [0.2, 0.25) is 0 Å². The van der Waals surface area contributed by atoms with E-state index in [9.17, 15) is 4.39 Å². The van der Waals surface area contributed by atoms with Gasteiger partial charge in [0.2, 0.25) is 0 Å². The molecule has 0 saturated heterocycles. The van der Waals surface area contributed by atoms with Crippen molar-refractivity contribution in [1.82, 2.24) is 0 Å². The van der Waals surface area contributed by atoms with Crippen LogP contribution < -0.4 is 10.5 Å². The van der Waals surface area contributed by atoms with Gasteiger partial charge in [0.25, 0.3) is 0 Å². The molecule has 3 heteroatoms. The average molecular weight is 257 g/mol. The van der Waals surface area contributed by atoms with Gasteiger partial charge < -0.3 is 10.5 Å². The highest BCUT2D eigenvalue weighted by molar-refractivity contribution is 5.33. The van der Waals surface area contributed by atoms with Crippen LogP contribution in [0, 0.1) is 5.82 Å². The fraction of sp³-hybridized carbons (Fsp3) is 0.250. The van der Waals surface area contributed by atoms with Crippen LogP contribution in [0.25, 0.3) is 0 Å². The number of nitrogens with two attached hydrogens (primary N) is 1. The van der Waals surface area contributed by atoms with E-state index in [4.69, 9.17) is 10.5 Å². The summed E-state index contributed by atoms with van der Waals surface area (Å²) in [4.78, 5) is 0. The topological polar surface area (TPSA) is 35.2 Å². The van der Waals surface area contributed by atoms with Crippen molar-refractivity contribution in [2.45, 2.75) is 25.0 Å². The molecule has 2 aromatic rings. The standard InChI is InChI=1S/C16H16FNO/c17-15-4-2-1-3-12(15)10-19-13-7-5-11(6-8-13)14-9-16(14)18/h1-8,14,16H,9-10,18H2. The molecule has 2 unspecified atom stereocenters. The predicted molar refractivity (Wildman–Crippen MR) is 72.5 cm³/mol. The van der Waals surface area contributed by atoms with Crippen LogP contribution in [0.4, 0.5) is 4.39 Å². The van der Waals surface area contributed by atoms with Crippen LogP contribution in [0.1, 0.15) is 23.5 Å². The molecule has 0 amide bonds. The highest BCUT2D eigenvalue weighted by Crippen LogP contribution is 2.39. The van der Waals surface area contributed by atoms with Gasteiger partial charge in [0.15, 0.2) is 0 Å². The number of hydrogen-bond donors (Lipinski definition) is 1. The fourth-order valence-corrected chi connectivity index (χ4v) is 2.19. The molecule has 1 saturated carbocycles. The maximum Gasteiger partial charge on any atom is 0.129 e.